The van der Waals surface area contributed by atoms with Gasteiger partial charge >= 0.3 is 5.97 Å². The second-order valence-corrected chi connectivity index (χ2v) is 13.4. The average molecular weight is 658 g/mol. The van der Waals surface area contributed by atoms with Crippen molar-refractivity contribution in [3.63, 3.8) is 0 Å². The first-order valence-corrected chi connectivity index (χ1v) is 16.8. The van der Waals surface area contributed by atoms with Crippen LogP contribution in [0.1, 0.15) is 50.5 Å². The summed E-state index contributed by atoms with van der Waals surface area (Å²) in [5.74, 6) is -2.97. The minimum Gasteiger partial charge on any atom is -0.493 e. The number of nitrogens with one attached hydrogen (secondary N) is 3. The number of carboxylic acids is 1. The van der Waals surface area contributed by atoms with Crippen molar-refractivity contribution in [2.75, 3.05) is 33.9 Å². The topological polar surface area (TPSA) is 193 Å². The molecule has 2 aromatic carbocycles. The second-order valence-electron chi connectivity index (χ2n) is 11.5. The number of methoxy groups -OCH3 is 2. The molecular weight excluding hydrogens is 614 g/mol. The number of H-pyrrole nitrogens is 1. The Morgan fingerprint density at radius 1 is 1.09 bits per heavy atom. The molecule has 3 aromatic rings. The Hall–Kier alpha value is -4.14. The van der Waals surface area contributed by atoms with Crippen LogP contribution in [0.15, 0.2) is 53.6 Å². The van der Waals surface area contributed by atoms with Gasteiger partial charge in [0.1, 0.15) is 12.1 Å². The quantitative estimate of drug-likeness (QED) is 0.153. The first-order chi connectivity index (χ1) is 22.0. The van der Waals surface area contributed by atoms with E-state index in [1.807, 2.05) is 24.3 Å². The maximum Gasteiger partial charge on any atom is 0.326 e. The maximum absolute atomic E-state index is 13.8. The van der Waals surface area contributed by atoms with Gasteiger partial charge in [-0.1, -0.05) is 25.1 Å². The predicted octanol–water partition coefficient (Wildman–Crippen LogP) is 2.57. The number of hydrogen-bond donors (Lipinski definition) is 5. The van der Waals surface area contributed by atoms with E-state index in [2.05, 4.69) is 15.6 Å². The standard InChI is InChI=1S/C32H43N5O8S/c1-20(24-18-34-25-11-5-4-10-23(24)25)29(31(39)35-26(32(40)41)12-6-7-15-33)36-30(38)21-9-8-16-37(19-21)46(42,43)22-13-14-27(44-2)28(17-22)45-3/h4-5,10-11,13-14,17-18,20-21,26,29,34H,6-9,12,15-16,19,33H2,1-3H3,(H,35,39)(H,36,38)(H,40,41)/t20-,21?,26-,29+/m0/s1. The summed E-state index contributed by atoms with van der Waals surface area (Å²) in [4.78, 5) is 42.7. The molecule has 2 heterocycles. The molecule has 1 aromatic heterocycles. The Balaban J connectivity index is 1.57. The number of para-hydroxylation sites is 1. The van der Waals surface area contributed by atoms with Crippen molar-refractivity contribution < 1.29 is 37.4 Å². The van der Waals surface area contributed by atoms with Crippen LogP contribution in [0.4, 0.5) is 0 Å². The second kappa shape index (κ2) is 15.4. The number of carbonyl (C=O) groups is 3. The Bertz CT molecular complexity index is 1640. The third-order valence-electron chi connectivity index (χ3n) is 8.50. The highest BCUT2D eigenvalue weighted by molar-refractivity contribution is 7.89. The molecule has 1 unspecified atom stereocenters. The molecule has 6 N–H and O–H groups in total. The molecular formula is C32H43N5O8S. The number of nitrogens with zero attached hydrogens (tertiary/aromatic N) is 1. The van der Waals surface area contributed by atoms with Crippen LogP contribution in [0.2, 0.25) is 0 Å². The Morgan fingerprint density at radius 2 is 1.83 bits per heavy atom. The molecule has 14 heteroatoms. The fraction of sp³-hybridized carbons (Fsp3) is 0.469. The van der Waals surface area contributed by atoms with Gasteiger partial charge in [-0.2, -0.15) is 4.31 Å². The number of nitrogens with two attached hydrogens (primary N) is 1. The summed E-state index contributed by atoms with van der Waals surface area (Å²) in [7, 11) is -1.11. The molecule has 0 radical (unpaired) electrons. The Morgan fingerprint density at radius 3 is 2.52 bits per heavy atom. The number of sulfonamides is 1. The SMILES string of the molecule is COc1ccc(S(=O)(=O)N2CCCC(C(=O)N[C@@H](C(=O)N[C@@H](CCCCN)C(=O)O)[C@@H](C)c3c[nH]c4ccccc34)C2)cc1OC. The van der Waals surface area contributed by atoms with Gasteiger partial charge in [0.25, 0.3) is 0 Å². The molecule has 4 rings (SSSR count). The summed E-state index contributed by atoms with van der Waals surface area (Å²) in [6, 6.07) is 9.56. The number of carbonyl (C=O) groups excluding carboxylic acids is 2. The van der Waals surface area contributed by atoms with E-state index in [-0.39, 0.29) is 30.2 Å². The molecule has 1 aliphatic heterocycles. The monoisotopic (exact) mass is 657 g/mol. The number of amides is 2. The minimum absolute atomic E-state index is 0.00534. The van der Waals surface area contributed by atoms with Crippen molar-refractivity contribution in [3.05, 3.63) is 54.2 Å². The van der Waals surface area contributed by atoms with Gasteiger partial charge < -0.3 is 35.9 Å². The van der Waals surface area contributed by atoms with Crippen molar-refractivity contribution in [1.82, 2.24) is 19.9 Å². The zero-order chi connectivity index (χ0) is 33.4. The van der Waals surface area contributed by atoms with Crippen LogP contribution in [0.3, 0.4) is 0 Å². The highest BCUT2D eigenvalue weighted by atomic mass is 32.2. The summed E-state index contributed by atoms with van der Waals surface area (Å²) in [5, 5.41) is 16.1. The zero-order valence-electron chi connectivity index (χ0n) is 26.3. The number of ether oxygens (including phenoxy) is 2. The molecule has 1 aliphatic rings. The number of piperidine rings is 1. The number of rotatable bonds is 15. The molecule has 0 aliphatic carbocycles. The number of unbranched alkanes of at least 4 members (excludes halogenated alkanes) is 1. The van der Waals surface area contributed by atoms with Crippen LogP contribution < -0.4 is 25.8 Å². The normalized spacial score (nSPS) is 17.5. The summed E-state index contributed by atoms with van der Waals surface area (Å²) in [6.45, 7) is 2.32. The van der Waals surface area contributed by atoms with Gasteiger partial charge in [0.15, 0.2) is 11.5 Å². The summed E-state index contributed by atoms with van der Waals surface area (Å²) >= 11 is 0. The highest BCUT2D eigenvalue weighted by Crippen LogP contribution is 2.33. The van der Waals surface area contributed by atoms with Gasteiger partial charge in [-0.3, -0.25) is 9.59 Å². The molecule has 0 bridgehead atoms. The zero-order valence-corrected chi connectivity index (χ0v) is 27.1. The molecule has 0 saturated carbocycles. The first kappa shape index (κ1) is 34.7. The van der Waals surface area contributed by atoms with Gasteiger partial charge in [-0.05, 0) is 62.4 Å². The molecule has 0 spiro atoms. The van der Waals surface area contributed by atoms with Crippen molar-refractivity contribution in [3.8, 4) is 11.5 Å². The molecule has 46 heavy (non-hydrogen) atoms. The van der Waals surface area contributed by atoms with Crippen LogP contribution in [-0.4, -0.2) is 86.5 Å². The molecule has 250 valence electrons. The van der Waals surface area contributed by atoms with Crippen LogP contribution in [0.25, 0.3) is 10.9 Å². The molecule has 2 amide bonds. The van der Waals surface area contributed by atoms with Gasteiger partial charge in [-0.25, -0.2) is 13.2 Å². The van der Waals surface area contributed by atoms with E-state index in [0.717, 1.165) is 16.5 Å². The van der Waals surface area contributed by atoms with Gasteiger partial charge in [0.05, 0.1) is 25.0 Å². The molecule has 1 saturated heterocycles. The number of aromatic nitrogens is 1. The lowest BCUT2D eigenvalue weighted by Crippen LogP contribution is -2.55. The fourth-order valence-electron chi connectivity index (χ4n) is 5.85. The largest absolute Gasteiger partial charge is 0.493 e. The Kier molecular flexibility index (Phi) is 11.7. The first-order valence-electron chi connectivity index (χ1n) is 15.3. The lowest BCUT2D eigenvalue weighted by atomic mass is 9.90. The third kappa shape index (κ3) is 7.80. The number of hydrogen-bond acceptors (Lipinski definition) is 8. The van der Waals surface area contributed by atoms with E-state index in [0.29, 0.717) is 38.0 Å². The lowest BCUT2D eigenvalue weighted by Gasteiger charge is -2.33. The third-order valence-corrected chi connectivity index (χ3v) is 10.4. The van der Waals surface area contributed by atoms with Gasteiger partial charge in [0, 0.05) is 42.2 Å². The van der Waals surface area contributed by atoms with E-state index in [4.69, 9.17) is 15.2 Å². The summed E-state index contributed by atoms with van der Waals surface area (Å²) in [6.07, 6.45) is 3.92. The number of aliphatic carboxylic acids is 1. The van der Waals surface area contributed by atoms with Crippen LogP contribution in [0.5, 0.6) is 11.5 Å². The van der Waals surface area contributed by atoms with E-state index in [1.165, 1.54) is 36.7 Å². The van der Waals surface area contributed by atoms with Crippen molar-refractivity contribution >= 4 is 38.7 Å². The van der Waals surface area contributed by atoms with E-state index >= 15 is 0 Å². The number of fused-ring (bicyclic) bond motifs is 1. The van der Waals surface area contributed by atoms with Crippen molar-refractivity contribution in [2.24, 2.45) is 11.7 Å². The molecule has 4 atom stereocenters. The van der Waals surface area contributed by atoms with Gasteiger partial charge in [0.2, 0.25) is 21.8 Å². The van der Waals surface area contributed by atoms with E-state index in [1.54, 1.807) is 13.1 Å². The predicted molar refractivity (Wildman–Crippen MR) is 172 cm³/mol. The molecule has 1 fully saturated rings. The summed E-state index contributed by atoms with van der Waals surface area (Å²) in [5.41, 5.74) is 7.18. The Labute approximate surface area is 268 Å². The molecule has 13 nitrogen and oxygen atoms in total. The van der Waals surface area contributed by atoms with Gasteiger partial charge in [-0.15, -0.1) is 0 Å². The highest BCUT2D eigenvalue weighted by Gasteiger charge is 2.37. The smallest absolute Gasteiger partial charge is 0.326 e. The summed E-state index contributed by atoms with van der Waals surface area (Å²) < 4.78 is 39.0. The maximum atomic E-state index is 13.8. The van der Waals surface area contributed by atoms with Crippen LogP contribution in [-0.2, 0) is 24.4 Å². The minimum atomic E-state index is -3.98. The van der Waals surface area contributed by atoms with E-state index < -0.39 is 51.7 Å². The number of aromatic amines is 1. The average Bonchev–Trinajstić information content (AvgIpc) is 3.50. The number of carboxylic acid groups (broad SMARTS) is 1. The van der Waals surface area contributed by atoms with Crippen LogP contribution >= 0.6 is 0 Å². The fourth-order valence-corrected chi connectivity index (χ4v) is 7.39. The van der Waals surface area contributed by atoms with Crippen molar-refractivity contribution in [2.45, 2.75) is 61.9 Å². The van der Waals surface area contributed by atoms with E-state index in [9.17, 15) is 27.9 Å². The van der Waals surface area contributed by atoms with Crippen LogP contribution in [0, 0.1) is 5.92 Å². The number of benzene rings is 2. The lowest BCUT2D eigenvalue weighted by molar-refractivity contribution is -0.142. The van der Waals surface area contributed by atoms with Crippen molar-refractivity contribution in [1.29, 1.82) is 0 Å².